The molecule has 0 aliphatic carbocycles. The smallest absolute Gasteiger partial charge is 0.0314 e. The molecule has 1 aliphatic rings. The van der Waals surface area contributed by atoms with Crippen molar-refractivity contribution in [3.8, 4) is 0 Å². The Bertz CT molecular complexity index is 410. The van der Waals surface area contributed by atoms with Crippen molar-refractivity contribution in [2.24, 2.45) is 0 Å². The van der Waals surface area contributed by atoms with Gasteiger partial charge in [0.15, 0.2) is 0 Å². The van der Waals surface area contributed by atoms with Gasteiger partial charge < -0.3 is 5.32 Å². The molecule has 1 fully saturated rings. The number of likely N-dealkylation sites (tertiary alicyclic amines) is 1. The second-order valence-corrected chi connectivity index (χ2v) is 8.11. The lowest BCUT2D eigenvalue weighted by atomic mass is 9.89. The van der Waals surface area contributed by atoms with Gasteiger partial charge in [0.25, 0.3) is 0 Å². The van der Waals surface area contributed by atoms with Gasteiger partial charge in [0.1, 0.15) is 0 Å². The van der Waals surface area contributed by atoms with E-state index in [0.717, 1.165) is 13.0 Å². The van der Waals surface area contributed by atoms with Crippen LogP contribution >= 0.6 is 27.3 Å². The largest absolute Gasteiger partial charge is 0.312 e. The summed E-state index contributed by atoms with van der Waals surface area (Å²) in [5, 5.41) is 5.98. The van der Waals surface area contributed by atoms with Gasteiger partial charge >= 0.3 is 0 Å². The third-order valence-electron chi connectivity index (χ3n) is 4.50. The Kier molecular flexibility index (Phi) is 6.09. The lowest BCUT2D eigenvalue weighted by molar-refractivity contribution is 0.107. The molecule has 1 unspecified atom stereocenters. The van der Waals surface area contributed by atoms with Crippen molar-refractivity contribution < 1.29 is 0 Å². The van der Waals surface area contributed by atoms with E-state index in [0.29, 0.717) is 6.04 Å². The number of thiophene rings is 1. The summed E-state index contributed by atoms with van der Waals surface area (Å²) in [5.41, 5.74) is 0.217. The van der Waals surface area contributed by atoms with Crippen molar-refractivity contribution in [1.82, 2.24) is 10.2 Å². The summed E-state index contributed by atoms with van der Waals surface area (Å²) in [5.74, 6) is 0. The average Bonchev–Trinajstić information content (AvgIpc) is 3.06. The Morgan fingerprint density at radius 3 is 2.65 bits per heavy atom. The number of hydrogen-bond acceptors (Lipinski definition) is 3. The first-order chi connectivity index (χ1) is 9.55. The Balaban J connectivity index is 2.11. The van der Waals surface area contributed by atoms with Gasteiger partial charge in [-0.25, -0.2) is 0 Å². The Hall–Kier alpha value is 0.1000. The predicted octanol–water partition coefficient (Wildman–Crippen LogP) is 4.30. The summed E-state index contributed by atoms with van der Waals surface area (Å²) < 4.78 is 1.27. The van der Waals surface area contributed by atoms with Crippen LogP contribution in [-0.2, 0) is 6.42 Å². The SMILES string of the molecule is CCCNC(Cc1sccc1Br)C(C)(C)N1CCCC1. The van der Waals surface area contributed by atoms with E-state index in [9.17, 15) is 0 Å². The van der Waals surface area contributed by atoms with E-state index in [1.807, 2.05) is 11.3 Å². The molecule has 1 aliphatic heterocycles. The van der Waals surface area contributed by atoms with Crippen LogP contribution in [0.4, 0.5) is 0 Å². The normalized spacial score (nSPS) is 18.6. The minimum absolute atomic E-state index is 0.217. The van der Waals surface area contributed by atoms with Crippen LogP contribution in [0.25, 0.3) is 0 Å². The molecule has 4 heteroatoms. The van der Waals surface area contributed by atoms with E-state index in [2.05, 4.69) is 58.4 Å². The summed E-state index contributed by atoms with van der Waals surface area (Å²) in [7, 11) is 0. The van der Waals surface area contributed by atoms with Gasteiger partial charge in [0.2, 0.25) is 0 Å². The molecule has 0 radical (unpaired) electrons. The minimum Gasteiger partial charge on any atom is -0.312 e. The van der Waals surface area contributed by atoms with Gasteiger partial charge in [-0.1, -0.05) is 6.92 Å². The number of halogens is 1. The first-order valence-corrected chi connectivity index (χ1v) is 9.43. The van der Waals surface area contributed by atoms with Gasteiger partial charge in [0.05, 0.1) is 0 Å². The van der Waals surface area contributed by atoms with Crippen LogP contribution in [0.1, 0.15) is 44.9 Å². The van der Waals surface area contributed by atoms with Crippen LogP contribution in [-0.4, -0.2) is 36.1 Å². The van der Waals surface area contributed by atoms with Gasteiger partial charge in [0, 0.05) is 20.9 Å². The van der Waals surface area contributed by atoms with Crippen LogP contribution in [0.15, 0.2) is 15.9 Å². The Labute approximate surface area is 136 Å². The van der Waals surface area contributed by atoms with Crippen LogP contribution in [0.5, 0.6) is 0 Å². The molecule has 0 amide bonds. The summed E-state index contributed by atoms with van der Waals surface area (Å²) in [4.78, 5) is 4.13. The van der Waals surface area contributed by atoms with E-state index in [1.54, 1.807) is 0 Å². The molecule has 2 nitrogen and oxygen atoms in total. The molecule has 1 aromatic heterocycles. The minimum atomic E-state index is 0.217. The zero-order valence-electron chi connectivity index (χ0n) is 12.9. The molecule has 1 saturated heterocycles. The van der Waals surface area contributed by atoms with Crippen molar-refractivity contribution in [2.75, 3.05) is 19.6 Å². The summed E-state index contributed by atoms with van der Waals surface area (Å²) in [6.07, 6.45) is 5.01. The van der Waals surface area contributed by atoms with Crippen LogP contribution in [0.2, 0.25) is 0 Å². The molecule has 0 saturated carbocycles. The van der Waals surface area contributed by atoms with Crippen LogP contribution in [0, 0.1) is 0 Å². The fourth-order valence-electron chi connectivity index (χ4n) is 3.06. The summed E-state index contributed by atoms with van der Waals surface area (Å²) >= 11 is 5.55. The molecule has 2 heterocycles. The second-order valence-electron chi connectivity index (χ2n) is 6.25. The lowest BCUT2D eigenvalue weighted by Gasteiger charge is -2.42. The van der Waals surface area contributed by atoms with Crippen molar-refractivity contribution in [2.45, 2.75) is 58.0 Å². The highest BCUT2D eigenvalue weighted by Crippen LogP contribution is 2.30. The van der Waals surface area contributed by atoms with E-state index in [-0.39, 0.29) is 5.54 Å². The van der Waals surface area contributed by atoms with Crippen molar-refractivity contribution in [1.29, 1.82) is 0 Å². The number of nitrogens with zero attached hydrogens (tertiary/aromatic N) is 1. The fourth-order valence-corrected chi connectivity index (χ4v) is 4.62. The topological polar surface area (TPSA) is 15.3 Å². The van der Waals surface area contributed by atoms with E-state index >= 15 is 0 Å². The lowest BCUT2D eigenvalue weighted by Crippen LogP contribution is -2.57. The van der Waals surface area contributed by atoms with Gasteiger partial charge in [-0.15, -0.1) is 11.3 Å². The van der Waals surface area contributed by atoms with E-state index in [1.165, 1.54) is 41.7 Å². The van der Waals surface area contributed by atoms with E-state index < -0.39 is 0 Å². The molecule has 20 heavy (non-hydrogen) atoms. The highest BCUT2D eigenvalue weighted by molar-refractivity contribution is 9.10. The first-order valence-electron chi connectivity index (χ1n) is 7.76. The van der Waals surface area contributed by atoms with Crippen molar-refractivity contribution >= 4 is 27.3 Å². The molecular weight excluding hydrogens is 332 g/mol. The van der Waals surface area contributed by atoms with Crippen molar-refractivity contribution in [3.63, 3.8) is 0 Å². The fraction of sp³-hybridized carbons (Fsp3) is 0.750. The van der Waals surface area contributed by atoms with Crippen molar-refractivity contribution in [3.05, 3.63) is 20.8 Å². The van der Waals surface area contributed by atoms with Gasteiger partial charge in [-0.2, -0.15) is 0 Å². The first kappa shape index (κ1) is 16.5. The summed E-state index contributed by atoms with van der Waals surface area (Å²) in [6.45, 7) is 10.7. The monoisotopic (exact) mass is 358 g/mol. The number of hydrogen-bond donors (Lipinski definition) is 1. The molecule has 1 aromatic rings. The molecule has 114 valence electrons. The van der Waals surface area contributed by atoms with Crippen LogP contribution in [0.3, 0.4) is 0 Å². The highest BCUT2D eigenvalue weighted by Gasteiger charge is 2.36. The molecule has 1 N–H and O–H groups in total. The standard InChI is InChI=1S/C16H27BrN2S/c1-4-8-18-15(12-14-13(17)7-11-20-14)16(2,3)19-9-5-6-10-19/h7,11,15,18H,4-6,8-10,12H2,1-3H3. The molecule has 0 spiro atoms. The quantitative estimate of drug-likeness (QED) is 0.781. The maximum atomic E-state index is 3.80. The maximum absolute atomic E-state index is 3.80. The molecular formula is C16H27BrN2S. The molecule has 2 rings (SSSR count). The molecule has 0 aromatic carbocycles. The van der Waals surface area contributed by atoms with E-state index in [4.69, 9.17) is 0 Å². The third-order valence-corrected chi connectivity index (χ3v) is 6.44. The Morgan fingerprint density at radius 1 is 1.40 bits per heavy atom. The predicted molar refractivity (Wildman–Crippen MR) is 92.7 cm³/mol. The maximum Gasteiger partial charge on any atom is 0.0314 e. The zero-order valence-corrected chi connectivity index (χ0v) is 15.3. The summed E-state index contributed by atoms with van der Waals surface area (Å²) in [6, 6.07) is 2.68. The number of rotatable bonds is 7. The number of nitrogens with one attached hydrogen (secondary N) is 1. The van der Waals surface area contributed by atoms with Crippen LogP contribution < -0.4 is 5.32 Å². The second kappa shape index (κ2) is 7.39. The van der Waals surface area contributed by atoms with Gasteiger partial charge in [-0.05, 0) is 86.5 Å². The third kappa shape index (κ3) is 3.85. The zero-order chi connectivity index (χ0) is 14.6. The highest BCUT2D eigenvalue weighted by atomic mass is 79.9. The molecule has 0 bridgehead atoms. The average molecular weight is 359 g/mol. The molecule has 1 atom stereocenters. The van der Waals surface area contributed by atoms with Gasteiger partial charge in [-0.3, -0.25) is 4.90 Å². The Morgan fingerprint density at radius 2 is 2.10 bits per heavy atom.